The van der Waals surface area contributed by atoms with Gasteiger partial charge in [0.1, 0.15) is 17.6 Å². The lowest BCUT2D eigenvalue weighted by atomic mass is 9.95. The normalized spacial score (nSPS) is 15.9. The molecule has 32 heavy (non-hydrogen) atoms. The summed E-state index contributed by atoms with van der Waals surface area (Å²) in [6, 6.07) is 12.6. The number of carbonyl (C=O) groups excluding carboxylic acids is 1. The molecule has 0 spiro atoms. The van der Waals surface area contributed by atoms with Gasteiger partial charge in [-0.05, 0) is 32.1 Å². The minimum absolute atomic E-state index is 0.186. The van der Waals surface area contributed by atoms with Gasteiger partial charge in [0.15, 0.2) is 4.80 Å². The first kappa shape index (κ1) is 21.7. The van der Waals surface area contributed by atoms with Gasteiger partial charge in [-0.25, -0.2) is 14.2 Å². The summed E-state index contributed by atoms with van der Waals surface area (Å²) >= 11 is 1.14. The SMILES string of the molecule is CCOC(=O)C1=C(C)N=c2s/c(=C\c3ccccc3F)c(=O)n2[C@@H]1c1ccccc1OC. The quantitative estimate of drug-likeness (QED) is 0.558. The lowest BCUT2D eigenvalue weighted by Gasteiger charge is -2.25. The van der Waals surface area contributed by atoms with E-state index >= 15 is 0 Å². The van der Waals surface area contributed by atoms with E-state index in [2.05, 4.69) is 4.99 Å². The molecule has 8 heteroatoms. The Balaban J connectivity index is 2.01. The molecule has 1 aromatic heterocycles. The van der Waals surface area contributed by atoms with Crippen LogP contribution in [0.25, 0.3) is 6.08 Å². The highest BCUT2D eigenvalue weighted by atomic mass is 32.1. The predicted molar refractivity (Wildman–Crippen MR) is 120 cm³/mol. The van der Waals surface area contributed by atoms with E-state index in [1.165, 1.54) is 23.8 Å². The first-order chi connectivity index (χ1) is 15.5. The van der Waals surface area contributed by atoms with Crippen LogP contribution in [0.15, 0.2) is 69.6 Å². The van der Waals surface area contributed by atoms with Gasteiger partial charge in [0.05, 0.1) is 29.5 Å². The molecule has 0 fully saturated rings. The highest BCUT2D eigenvalue weighted by molar-refractivity contribution is 7.07. The third-order valence-electron chi connectivity index (χ3n) is 5.14. The number of hydrogen-bond acceptors (Lipinski definition) is 6. The third kappa shape index (κ3) is 3.78. The minimum Gasteiger partial charge on any atom is -0.496 e. The molecule has 0 aliphatic carbocycles. The summed E-state index contributed by atoms with van der Waals surface area (Å²) in [5.74, 6) is -0.450. The minimum atomic E-state index is -0.788. The van der Waals surface area contributed by atoms with Crippen LogP contribution in [0, 0.1) is 5.82 Å². The summed E-state index contributed by atoms with van der Waals surface area (Å²) < 4.78 is 26.8. The van der Waals surface area contributed by atoms with E-state index in [0.717, 1.165) is 11.3 Å². The molecule has 2 aromatic carbocycles. The van der Waals surface area contributed by atoms with Crippen molar-refractivity contribution in [2.75, 3.05) is 13.7 Å². The van der Waals surface area contributed by atoms with Gasteiger partial charge in [-0.15, -0.1) is 0 Å². The van der Waals surface area contributed by atoms with Crippen molar-refractivity contribution in [2.24, 2.45) is 4.99 Å². The van der Waals surface area contributed by atoms with Crippen LogP contribution in [0.4, 0.5) is 4.39 Å². The molecule has 164 valence electrons. The van der Waals surface area contributed by atoms with Gasteiger partial charge in [0.2, 0.25) is 0 Å². The number of esters is 1. The Bertz CT molecular complexity index is 1400. The van der Waals surface area contributed by atoms with Crippen molar-refractivity contribution >= 4 is 23.4 Å². The number of thiazole rings is 1. The summed E-state index contributed by atoms with van der Waals surface area (Å²) in [7, 11) is 1.53. The summed E-state index contributed by atoms with van der Waals surface area (Å²) in [6.07, 6.45) is 1.50. The number of rotatable bonds is 5. The number of methoxy groups -OCH3 is 1. The smallest absolute Gasteiger partial charge is 0.338 e. The van der Waals surface area contributed by atoms with Crippen molar-refractivity contribution in [1.82, 2.24) is 4.57 Å². The number of benzene rings is 2. The van der Waals surface area contributed by atoms with E-state index < -0.39 is 17.8 Å². The topological polar surface area (TPSA) is 69.9 Å². The van der Waals surface area contributed by atoms with Gasteiger partial charge in [-0.1, -0.05) is 47.7 Å². The molecule has 2 heterocycles. The number of nitrogens with zero attached hydrogens (tertiary/aromatic N) is 2. The molecule has 0 N–H and O–H groups in total. The molecule has 0 unspecified atom stereocenters. The summed E-state index contributed by atoms with van der Waals surface area (Å²) in [4.78, 5) is 31.3. The number of allylic oxidation sites excluding steroid dienone is 1. The number of hydrogen-bond donors (Lipinski definition) is 0. The first-order valence-electron chi connectivity index (χ1n) is 10.0. The monoisotopic (exact) mass is 452 g/mol. The van der Waals surface area contributed by atoms with Crippen molar-refractivity contribution < 1.29 is 18.7 Å². The van der Waals surface area contributed by atoms with Crippen molar-refractivity contribution in [3.05, 3.63) is 96.4 Å². The van der Waals surface area contributed by atoms with Gasteiger partial charge < -0.3 is 9.47 Å². The second-order valence-electron chi connectivity index (χ2n) is 7.07. The van der Waals surface area contributed by atoms with Gasteiger partial charge >= 0.3 is 5.97 Å². The second-order valence-corrected chi connectivity index (χ2v) is 8.07. The number of para-hydroxylation sites is 1. The first-order valence-corrected chi connectivity index (χ1v) is 10.8. The van der Waals surface area contributed by atoms with Gasteiger partial charge in [0, 0.05) is 11.1 Å². The largest absolute Gasteiger partial charge is 0.496 e. The average molecular weight is 453 g/mol. The molecule has 0 saturated carbocycles. The highest BCUT2D eigenvalue weighted by Gasteiger charge is 2.34. The van der Waals surface area contributed by atoms with Crippen molar-refractivity contribution in [3.63, 3.8) is 0 Å². The van der Waals surface area contributed by atoms with Crippen LogP contribution in [-0.2, 0) is 9.53 Å². The summed E-state index contributed by atoms with van der Waals surface area (Å²) in [6.45, 7) is 3.62. The number of fused-ring (bicyclic) bond motifs is 1. The van der Waals surface area contributed by atoms with Crippen LogP contribution in [0.3, 0.4) is 0 Å². The predicted octanol–water partition coefficient (Wildman–Crippen LogP) is 2.95. The zero-order valence-corrected chi connectivity index (χ0v) is 18.6. The molecule has 1 atom stereocenters. The van der Waals surface area contributed by atoms with Crippen LogP contribution in [0.5, 0.6) is 5.75 Å². The van der Waals surface area contributed by atoms with Gasteiger partial charge in [-0.3, -0.25) is 9.36 Å². The fraction of sp³-hybridized carbons (Fsp3) is 0.208. The fourth-order valence-electron chi connectivity index (χ4n) is 3.71. The van der Waals surface area contributed by atoms with E-state index in [-0.39, 0.29) is 17.7 Å². The zero-order chi connectivity index (χ0) is 22.8. The molecule has 0 radical (unpaired) electrons. The lowest BCUT2D eigenvalue weighted by molar-refractivity contribution is -0.139. The Morgan fingerprint density at radius 1 is 1.22 bits per heavy atom. The molecule has 0 amide bonds. The maximum atomic E-state index is 14.2. The maximum Gasteiger partial charge on any atom is 0.338 e. The Hall–Kier alpha value is -3.52. The molecular formula is C24H21FN2O4S. The Morgan fingerprint density at radius 2 is 1.94 bits per heavy atom. The van der Waals surface area contributed by atoms with Crippen LogP contribution < -0.4 is 19.6 Å². The number of halogens is 1. The van der Waals surface area contributed by atoms with E-state index in [9.17, 15) is 14.0 Å². The third-order valence-corrected chi connectivity index (χ3v) is 6.13. The van der Waals surface area contributed by atoms with E-state index in [4.69, 9.17) is 9.47 Å². The Kier molecular flexibility index (Phi) is 6.05. The molecule has 4 rings (SSSR count). The maximum absolute atomic E-state index is 14.2. The molecule has 1 aliphatic rings. The summed E-state index contributed by atoms with van der Waals surface area (Å²) in [5, 5.41) is 0. The molecule has 1 aliphatic heterocycles. The molecule has 0 saturated heterocycles. The molecule has 0 bridgehead atoms. The van der Waals surface area contributed by atoms with Crippen LogP contribution in [0.2, 0.25) is 0 Å². The second kappa shape index (κ2) is 8.92. The lowest BCUT2D eigenvalue weighted by Crippen LogP contribution is -2.40. The van der Waals surface area contributed by atoms with Crippen LogP contribution in [-0.4, -0.2) is 24.3 Å². The van der Waals surface area contributed by atoms with Crippen LogP contribution in [0.1, 0.15) is 31.0 Å². The van der Waals surface area contributed by atoms with Gasteiger partial charge in [0.25, 0.3) is 5.56 Å². The van der Waals surface area contributed by atoms with Crippen molar-refractivity contribution in [2.45, 2.75) is 19.9 Å². The Morgan fingerprint density at radius 3 is 2.66 bits per heavy atom. The standard InChI is InChI=1S/C24H21FN2O4S/c1-4-31-23(29)20-14(2)26-24-27(21(20)16-10-6-8-12-18(16)30-3)22(28)19(32-24)13-15-9-5-7-11-17(15)25/h5-13,21H,4H2,1-3H3/b19-13-/t21-/m1/s1. The number of ether oxygens (including phenoxy) is 2. The van der Waals surface area contributed by atoms with Crippen LogP contribution >= 0.6 is 11.3 Å². The molecular weight excluding hydrogens is 431 g/mol. The van der Waals surface area contributed by atoms with Gasteiger partial charge in [-0.2, -0.15) is 0 Å². The highest BCUT2D eigenvalue weighted by Crippen LogP contribution is 2.35. The fourth-order valence-corrected chi connectivity index (χ4v) is 4.75. The van der Waals surface area contributed by atoms with Crippen molar-refractivity contribution in [1.29, 1.82) is 0 Å². The number of carbonyl (C=O) groups is 1. The average Bonchev–Trinajstić information content (AvgIpc) is 3.09. The molecule has 6 nitrogen and oxygen atoms in total. The zero-order valence-electron chi connectivity index (χ0n) is 17.8. The number of aromatic nitrogens is 1. The summed E-state index contributed by atoms with van der Waals surface area (Å²) in [5.41, 5.74) is 1.28. The van der Waals surface area contributed by atoms with E-state index in [1.54, 1.807) is 44.2 Å². The molecule has 3 aromatic rings. The van der Waals surface area contributed by atoms with Crippen molar-refractivity contribution in [3.8, 4) is 5.75 Å². The Labute approximate surface area is 187 Å². The van der Waals surface area contributed by atoms with E-state index in [1.807, 2.05) is 12.1 Å². The van der Waals surface area contributed by atoms with E-state index in [0.29, 0.717) is 31.9 Å².